The van der Waals surface area contributed by atoms with Gasteiger partial charge in [-0.1, -0.05) is 43.9 Å². The summed E-state index contributed by atoms with van der Waals surface area (Å²) in [6, 6.07) is 12.8. The molecule has 3 aliphatic rings. The minimum atomic E-state index is -4.41. The van der Waals surface area contributed by atoms with Gasteiger partial charge in [0.05, 0.1) is 10.5 Å². The van der Waals surface area contributed by atoms with E-state index in [9.17, 15) is 41.4 Å². The zero-order chi connectivity index (χ0) is 34.9. The summed E-state index contributed by atoms with van der Waals surface area (Å²) in [5, 5.41) is 23.4. The Morgan fingerprint density at radius 1 is 0.878 bits per heavy atom. The van der Waals surface area contributed by atoms with Gasteiger partial charge in [0.2, 0.25) is 21.8 Å². The predicted octanol–water partition coefficient (Wildman–Crippen LogP) is 3.64. The average molecular weight is 711 g/mol. The van der Waals surface area contributed by atoms with E-state index in [1.54, 1.807) is 0 Å². The minimum absolute atomic E-state index is 0.0208. The molecule has 2 fully saturated rings. The zero-order valence-corrected chi connectivity index (χ0v) is 28.3. The molecule has 2 aliphatic heterocycles. The van der Waals surface area contributed by atoms with Crippen molar-refractivity contribution in [1.29, 1.82) is 0 Å². The molecule has 1 unspecified atom stereocenters. The van der Waals surface area contributed by atoms with Crippen LogP contribution >= 0.6 is 0 Å². The lowest BCUT2D eigenvalue weighted by Crippen LogP contribution is -2.50. The fourth-order valence-electron chi connectivity index (χ4n) is 6.71. The van der Waals surface area contributed by atoms with Crippen LogP contribution in [0.5, 0.6) is 11.5 Å². The summed E-state index contributed by atoms with van der Waals surface area (Å²) in [6.45, 7) is -0.215. The first-order valence-corrected chi connectivity index (χ1v) is 19.2. The number of phenolic OH excluding ortho intramolecular Hbond substituents is 2. The number of benzene rings is 3. The maximum absolute atomic E-state index is 14.4. The number of anilines is 1. The molecule has 3 N–H and O–H groups in total. The fourth-order valence-corrected chi connectivity index (χ4v) is 9.75. The van der Waals surface area contributed by atoms with E-state index in [-0.39, 0.29) is 32.6 Å². The molecule has 1 saturated heterocycles. The van der Waals surface area contributed by atoms with Crippen LogP contribution in [0.25, 0.3) is 0 Å². The number of hydrogen-bond donors (Lipinski definition) is 3. The van der Waals surface area contributed by atoms with E-state index in [2.05, 4.69) is 5.32 Å². The Labute approximate surface area is 285 Å². The first-order chi connectivity index (χ1) is 23.4. The van der Waals surface area contributed by atoms with Crippen LogP contribution in [0.4, 0.5) is 5.69 Å². The molecule has 3 aromatic carbocycles. The molecule has 2 heterocycles. The van der Waals surface area contributed by atoms with Crippen molar-refractivity contribution in [3.63, 3.8) is 0 Å². The number of nitrogens with one attached hydrogen (secondary N) is 1. The summed E-state index contributed by atoms with van der Waals surface area (Å²) in [4.78, 5) is 42.6. The molecule has 0 spiro atoms. The number of carbonyl (C=O) groups excluding carboxylic acids is 3. The third-order valence-electron chi connectivity index (χ3n) is 9.30. The van der Waals surface area contributed by atoms with E-state index in [0.717, 1.165) is 55.6 Å². The molecule has 0 radical (unpaired) electrons. The Hall–Kier alpha value is -4.47. The Bertz CT molecular complexity index is 1970. The Kier molecular flexibility index (Phi) is 9.69. The Balaban J connectivity index is 1.43. The maximum Gasteiger partial charge on any atom is 0.269 e. The van der Waals surface area contributed by atoms with Gasteiger partial charge in [0, 0.05) is 24.8 Å². The summed E-state index contributed by atoms with van der Waals surface area (Å²) >= 11 is 0. The first-order valence-electron chi connectivity index (χ1n) is 16.3. The van der Waals surface area contributed by atoms with E-state index in [1.165, 1.54) is 58.9 Å². The molecule has 0 bridgehead atoms. The first kappa shape index (κ1) is 34.4. The molecular formula is C34H38N4O9S2. The summed E-state index contributed by atoms with van der Waals surface area (Å²) in [6.07, 6.45) is 6.52. The molecular weight excluding hydrogens is 673 g/mol. The van der Waals surface area contributed by atoms with Gasteiger partial charge >= 0.3 is 0 Å². The molecule has 260 valence electrons. The summed E-state index contributed by atoms with van der Waals surface area (Å²) in [7, 11) is -8.29. The van der Waals surface area contributed by atoms with Crippen molar-refractivity contribution in [2.45, 2.75) is 73.2 Å². The predicted molar refractivity (Wildman–Crippen MR) is 179 cm³/mol. The van der Waals surface area contributed by atoms with Crippen LogP contribution in [0.2, 0.25) is 0 Å². The molecule has 3 amide bonds. The van der Waals surface area contributed by atoms with Gasteiger partial charge in [-0.2, -0.15) is 4.31 Å². The summed E-state index contributed by atoms with van der Waals surface area (Å²) in [5.74, 6) is -3.55. The maximum atomic E-state index is 14.4. The lowest BCUT2D eigenvalue weighted by molar-refractivity contribution is -0.127. The van der Waals surface area contributed by atoms with Crippen molar-refractivity contribution in [2.24, 2.45) is 0 Å². The number of rotatable bonds is 9. The van der Waals surface area contributed by atoms with Gasteiger partial charge in [0.1, 0.15) is 17.5 Å². The van der Waals surface area contributed by atoms with Crippen molar-refractivity contribution >= 4 is 43.5 Å². The number of hydrogen-bond acceptors (Lipinski definition) is 9. The highest BCUT2D eigenvalue weighted by Crippen LogP contribution is 2.36. The quantitative estimate of drug-likeness (QED) is 0.279. The smallest absolute Gasteiger partial charge is 0.269 e. The van der Waals surface area contributed by atoms with Crippen molar-refractivity contribution in [1.82, 2.24) is 13.9 Å². The molecule has 1 aliphatic carbocycles. The SMILES string of the molecule is O=C(NC1CCCC1)C(c1ccc(O)c(O)c1)N(C(=O)CN1C(=O)c2ccccc2S1(=O)=O)c1ccc(S(=O)(=O)N2CCCCCC2)cc1. The van der Waals surface area contributed by atoms with Crippen molar-refractivity contribution in [3.8, 4) is 11.5 Å². The minimum Gasteiger partial charge on any atom is -0.504 e. The number of sulfonamides is 2. The molecule has 49 heavy (non-hydrogen) atoms. The summed E-state index contributed by atoms with van der Waals surface area (Å²) in [5.41, 5.74) is 0.0312. The highest BCUT2D eigenvalue weighted by Gasteiger charge is 2.44. The van der Waals surface area contributed by atoms with Crippen LogP contribution < -0.4 is 10.2 Å². The van der Waals surface area contributed by atoms with Gasteiger partial charge in [-0.25, -0.2) is 21.1 Å². The second-order valence-electron chi connectivity index (χ2n) is 12.5. The van der Waals surface area contributed by atoms with E-state index in [1.807, 2.05) is 0 Å². The number of amides is 3. The van der Waals surface area contributed by atoms with Crippen LogP contribution in [0.3, 0.4) is 0 Å². The van der Waals surface area contributed by atoms with Gasteiger partial charge in [-0.05, 0) is 79.8 Å². The molecule has 1 saturated carbocycles. The standard InChI is InChI=1S/C34H38N4O9S2/c39-28-18-13-23(21-29(28)40)32(33(42)35-24-9-3-4-10-24)38(31(41)22-37-34(43)27-11-5-6-12-30(27)49(37,46)47)25-14-16-26(17-15-25)48(44,45)36-19-7-1-2-8-20-36/h5-6,11-18,21,24,32,39-40H,1-4,7-10,19-20,22H2,(H,35,42). The van der Waals surface area contributed by atoms with Gasteiger partial charge in [0.25, 0.3) is 15.9 Å². The van der Waals surface area contributed by atoms with Gasteiger partial charge < -0.3 is 15.5 Å². The van der Waals surface area contributed by atoms with Crippen LogP contribution in [-0.4, -0.2) is 79.1 Å². The van der Waals surface area contributed by atoms with E-state index >= 15 is 0 Å². The Morgan fingerprint density at radius 2 is 1.53 bits per heavy atom. The van der Waals surface area contributed by atoms with Crippen LogP contribution in [0.15, 0.2) is 76.5 Å². The molecule has 1 atom stereocenters. The van der Waals surface area contributed by atoms with Gasteiger partial charge in [0.15, 0.2) is 11.5 Å². The third kappa shape index (κ3) is 6.74. The van der Waals surface area contributed by atoms with Gasteiger partial charge in [-0.15, -0.1) is 0 Å². The molecule has 15 heteroatoms. The normalized spacial score (nSPS) is 18.9. The van der Waals surface area contributed by atoms with Crippen molar-refractivity contribution in [2.75, 3.05) is 24.5 Å². The zero-order valence-electron chi connectivity index (χ0n) is 26.7. The second kappa shape index (κ2) is 13.8. The lowest BCUT2D eigenvalue weighted by Gasteiger charge is -2.33. The third-order valence-corrected chi connectivity index (χ3v) is 13.0. The van der Waals surface area contributed by atoms with E-state index < -0.39 is 61.9 Å². The molecule has 6 rings (SSSR count). The summed E-state index contributed by atoms with van der Waals surface area (Å²) < 4.78 is 55.8. The largest absolute Gasteiger partial charge is 0.504 e. The highest BCUT2D eigenvalue weighted by molar-refractivity contribution is 7.90. The molecule has 0 aromatic heterocycles. The van der Waals surface area contributed by atoms with E-state index in [4.69, 9.17) is 0 Å². The number of aromatic hydroxyl groups is 2. The lowest BCUT2D eigenvalue weighted by atomic mass is 10.0. The van der Waals surface area contributed by atoms with Crippen molar-refractivity contribution < 1.29 is 41.4 Å². The number of phenols is 2. The Morgan fingerprint density at radius 3 is 2.16 bits per heavy atom. The van der Waals surface area contributed by atoms with Crippen LogP contribution in [-0.2, 0) is 29.6 Å². The fraction of sp³-hybridized carbons (Fsp3) is 0.382. The number of nitrogens with zero attached hydrogens (tertiary/aromatic N) is 3. The van der Waals surface area contributed by atoms with Crippen LogP contribution in [0, 0.1) is 0 Å². The van der Waals surface area contributed by atoms with Crippen LogP contribution in [0.1, 0.15) is 73.3 Å². The van der Waals surface area contributed by atoms with Crippen molar-refractivity contribution in [3.05, 3.63) is 77.9 Å². The molecule has 13 nitrogen and oxygen atoms in total. The highest BCUT2D eigenvalue weighted by atomic mass is 32.2. The topological polar surface area (TPSA) is 182 Å². The second-order valence-corrected chi connectivity index (χ2v) is 16.3. The van der Waals surface area contributed by atoms with E-state index in [0.29, 0.717) is 30.2 Å². The van der Waals surface area contributed by atoms with Gasteiger partial charge in [-0.3, -0.25) is 19.3 Å². The average Bonchev–Trinajstić information content (AvgIpc) is 3.52. The number of carbonyl (C=O) groups is 3. The molecule has 3 aromatic rings. The monoisotopic (exact) mass is 710 g/mol. The number of fused-ring (bicyclic) bond motifs is 1.